The van der Waals surface area contributed by atoms with Gasteiger partial charge in [-0.15, -0.1) is 11.3 Å². The second kappa shape index (κ2) is 7.83. The first kappa shape index (κ1) is 16.3. The minimum absolute atomic E-state index is 0.155. The Labute approximate surface area is 139 Å². The van der Waals surface area contributed by atoms with Crippen LogP contribution in [0.15, 0.2) is 36.4 Å². The summed E-state index contributed by atoms with van der Waals surface area (Å²) in [5.74, 6) is 0.155. The van der Waals surface area contributed by atoms with E-state index in [4.69, 9.17) is 23.2 Å². The minimum atomic E-state index is 0.155. The van der Waals surface area contributed by atoms with Gasteiger partial charge in [-0.25, -0.2) is 0 Å². The normalized spacial score (nSPS) is 10.6. The number of benzene rings is 1. The molecule has 0 fully saturated rings. The predicted molar refractivity (Wildman–Crippen MR) is 90.2 cm³/mol. The van der Waals surface area contributed by atoms with Crippen LogP contribution in [0.3, 0.4) is 0 Å². The SMILES string of the molecule is CCN(Cc1ccc(Cl)s1)C(=O)CCc1cccc(Cl)c1. The van der Waals surface area contributed by atoms with Crippen molar-refractivity contribution in [3.63, 3.8) is 0 Å². The number of rotatable bonds is 6. The van der Waals surface area contributed by atoms with Gasteiger partial charge in [0.25, 0.3) is 0 Å². The van der Waals surface area contributed by atoms with Crippen molar-refractivity contribution in [1.29, 1.82) is 0 Å². The lowest BCUT2D eigenvalue weighted by molar-refractivity contribution is -0.131. The second-order valence-corrected chi connectivity index (χ2v) is 6.98. The van der Waals surface area contributed by atoms with Gasteiger partial charge >= 0.3 is 0 Å². The molecule has 1 heterocycles. The van der Waals surface area contributed by atoms with E-state index in [1.54, 1.807) is 0 Å². The lowest BCUT2D eigenvalue weighted by Crippen LogP contribution is -2.30. The molecule has 0 bridgehead atoms. The van der Waals surface area contributed by atoms with Crippen LogP contribution in [0.2, 0.25) is 9.36 Å². The Balaban J connectivity index is 1.91. The van der Waals surface area contributed by atoms with E-state index >= 15 is 0 Å². The summed E-state index contributed by atoms with van der Waals surface area (Å²) in [6, 6.07) is 11.5. The summed E-state index contributed by atoms with van der Waals surface area (Å²) >= 11 is 13.4. The number of amides is 1. The molecule has 0 aliphatic rings. The van der Waals surface area contributed by atoms with Gasteiger partial charge in [-0.05, 0) is 43.2 Å². The van der Waals surface area contributed by atoms with Gasteiger partial charge in [-0.3, -0.25) is 4.79 Å². The third-order valence-electron chi connectivity index (χ3n) is 3.23. The topological polar surface area (TPSA) is 20.3 Å². The molecule has 0 N–H and O–H groups in total. The maximum absolute atomic E-state index is 12.3. The summed E-state index contributed by atoms with van der Waals surface area (Å²) in [4.78, 5) is 15.3. The Kier molecular flexibility index (Phi) is 6.09. The van der Waals surface area contributed by atoms with Crippen LogP contribution in [-0.4, -0.2) is 17.4 Å². The first-order valence-electron chi connectivity index (χ1n) is 6.85. The predicted octanol–water partition coefficient (Wildman–Crippen LogP) is 5.04. The van der Waals surface area contributed by atoms with Crippen molar-refractivity contribution >= 4 is 40.4 Å². The van der Waals surface area contributed by atoms with Crippen molar-refractivity contribution in [2.24, 2.45) is 0 Å². The largest absolute Gasteiger partial charge is 0.338 e. The zero-order valence-electron chi connectivity index (χ0n) is 11.8. The smallest absolute Gasteiger partial charge is 0.223 e. The van der Waals surface area contributed by atoms with E-state index in [2.05, 4.69) is 0 Å². The van der Waals surface area contributed by atoms with Crippen LogP contribution in [0, 0.1) is 0 Å². The molecule has 1 aromatic heterocycles. The van der Waals surface area contributed by atoms with Crippen molar-refractivity contribution in [2.75, 3.05) is 6.54 Å². The molecule has 0 saturated carbocycles. The maximum atomic E-state index is 12.3. The van der Waals surface area contributed by atoms with Gasteiger partial charge in [0.15, 0.2) is 0 Å². The second-order valence-electron chi connectivity index (χ2n) is 4.74. The van der Waals surface area contributed by atoms with E-state index in [1.807, 2.05) is 48.2 Å². The highest BCUT2D eigenvalue weighted by atomic mass is 35.5. The summed E-state index contributed by atoms with van der Waals surface area (Å²) in [5, 5.41) is 0.709. The zero-order chi connectivity index (χ0) is 15.2. The number of hydrogen-bond acceptors (Lipinski definition) is 2. The molecule has 2 rings (SSSR count). The summed E-state index contributed by atoms with van der Waals surface area (Å²) in [6.07, 6.45) is 1.20. The summed E-state index contributed by atoms with van der Waals surface area (Å²) in [5.41, 5.74) is 1.09. The molecule has 2 nitrogen and oxygen atoms in total. The molecule has 0 atom stereocenters. The summed E-state index contributed by atoms with van der Waals surface area (Å²) in [6.45, 7) is 3.32. The van der Waals surface area contributed by atoms with Crippen molar-refractivity contribution in [3.8, 4) is 0 Å². The molecule has 2 aromatic rings. The van der Waals surface area contributed by atoms with Crippen LogP contribution < -0.4 is 0 Å². The Morgan fingerprint density at radius 1 is 1.24 bits per heavy atom. The molecule has 21 heavy (non-hydrogen) atoms. The molecule has 0 spiro atoms. The van der Waals surface area contributed by atoms with Crippen molar-refractivity contribution in [1.82, 2.24) is 4.90 Å². The average molecular weight is 342 g/mol. The first-order chi connectivity index (χ1) is 10.1. The number of carbonyl (C=O) groups is 1. The zero-order valence-corrected chi connectivity index (χ0v) is 14.1. The van der Waals surface area contributed by atoms with E-state index in [0.717, 1.165) is 14.8 Å². The van der Waals surface area contributed by atoms with Crippen LogP contribution in [0.1, 0.15) is 23.8 Å². The molecule has 112 valence electrons. The Morgan fingerprint density at radius 3 is 2.67 bits per heavy atom. The lowest BCUT2D eigenvalue weighted by atomic mass is 10.1. The highest BCUT2D eigenvalue weighted by Gasteiger charge is 2.13. The van der Waals surface area contributed by atoms with Crippen molar-refractivity contribution in [3.05, 3.63) is 56.2 Å². The van der Waals surface area contributed by atoms with Crippen molar-refractivity contribution in [2.45, 2.75) is 26.3 Å². The molecule has 0 unspecified atom stereocenters. The maximum Gasteiger partial charge on any atom is 0.223 e. The molecule has 0 saturated heterocycles. The number of thiophene rings is 1. The fraction of sp³-hybridized carbons (Fsp3) is 0.312. The van der Waals surface area contributed by atoms with Gasteiger partial charge in [0.05, 0.1) is 10.9 Å². The Morgan fingerprint density at radius 2 is 2.05 bits per heavy atom. The van der Waals surface area contributed by atoms with Crippen LogP contribution in [0.25, 0.3) is 0 Å². The average Bonchev–Trinajstić information content (AvgIpc) is 2.87. The molecule has 5 heteroatoms. The molecule has 0 aliphatic heterocycles. The lowest BCUT2D eigenvalue weighted by Gasteiger charge is -2.20. The number of halogens is 2. The van der Waals surface area contributed by atoms with Gasteiger partial charge in [-0.2, -0.15) is 0 Å². The Bertz CT molecular complexity index is 612. The number of aryl methyl sites for hydroxylation is 1. The standard InChI is InChI=1S/C16H17Cl2NOS/c1-2-19(11-14-7-8-15(18)21-14)16(20)9-6-12-4-3-5-13(17)10-12/h3-5,7-8,10H,2,6,9,11H2,1H3. The third kappa shape index (κ3) is 5.03. The minimum Gasteiger partial charge on any atom is -0.338 e. The monoisotopic (exact) mass is 341 g/mol. The van der Waals surface area contributed by atoms with E-state index in [1.165, 1.54) is 11.3 Å². The highest BCUT2D eigenvalue weighted by molar-refractivity contribution is 7.16. The van der Waals surface area contributed by atoms with Gasteiger partial charge in [0, 0.05) is 22.9 Å². The fourth-order valence-corrected chi connectivity index (χ4v) is 3.42. The molecule has 0 aliphatic carbocycles. The van der Waals surface area contributed by atoms with Crippen LogP contribution in [-0.2, 0) is 17.8 Å². The number of hydrogen-bond donors (Lipinski definition) is 0. The summed E-state index contributed by atoms with van der Waals surface area (Å²) in [7, 11) is 0. The molecule has 0 radical (unpaired) electrons. The molecule has 1 amide bonds. The van der Waals surface area contributed by atoms with Gasteiger partial charge in [0.2, 0.25) is 5.91 Å². The van der Waals surface area contributed by atoms with E-state index in [0.29, 0.717) is 31.0 Å². The van der Waals surface area contributed by atoms with Gasteiger partial charge in [0.1, 0.15) is 0 Å². The van der Waals surface area contributed by atoms with Gasteiger partial charge < -0.3 is 4.90 Å². The third-order valence-corrected chi connectivity index (χ3v) is 4.68. The fourth-order valence-electron chi connectivity index (χ4n) is 2.10. The van der Waals surface area contributed by atoms with Crippen LogP contribution in [0.5, 0.6) is 0 Å². The van der Waals surface area contributed by atoms with Crippen molar-refractivity contribution < 1.29 is 4.79 Å². The number of carbonyl (C=O) groups excluding carboxylic acids is 1. The van der Waals surface area contributed by atoms with Gasteiger partial charge in [-0.1, -0.05) is 35.3 Å². The van der Waals surface area contributed by atoms with Crippen LogP contribution >= 0.6 is 34.5 Å². The molecular formula is C16H17Cl2NOS. The summed E-state index contributed by atoms with van der Waals surface area (Å²) < 4.78 is 0.757. The molecular weight excluding hydrogens is 325 g/mol. The quantitative estimate of drug-likeness (QED) is 0.720. The van der Waals surface area contributed by atoms with E-state index < -0.39 is 0 Å². The van der Waals surface area contributed by atoms with E-state index in [9.17, 15) is 4.79 Å². The first-order valence-corrected chi connectivity index (χ1v) is 8.42. The molecule has 1 aromatic carbocycles. The highest BCUT2D eigenvalue weighted by Crippen LogP contribution is 2.23. The number of nitrogens with zero attached hydrogens (tertiary/aromatic N) is 1. The van der Waals surface area contributed by atoms with E-state index in [-0.39, 0.29) is 5.91 Å². The Hall–Kier alpha value is -1.03. The van der Waals surface area contributed by atoms with Crippen LogP contribution in [0.4, 0.5) is 0 Å².